The molecule has 0 aromatic heterocycles. The quantitative estimate of drug-likeness (QED) is 0.794. The Balaban J connectivity index is 2.83. The molecule has 5 heteroatoms. The van der Waals surface area contributed by atoms with Crippen molar-refractivity contribution in [2.75, 3.05) is 0 Å². The van der Waals surface area contributed by atoms with E-state index in [2.05, 4.69) is 51.9 Å². The van der Waals surface area contributed by atoms with Gasteiger partial charge in [0.15, 0.2) is 0 Å². The predicted octanol–water partition coefficient (Wildman–Crippen LogP) is 3.07. The van der Waals surface area contributed by atoms with Crippen LogP contribution in [0.1, 0.15) is 54.4 Å². The summed E-state index contributed by atoms with van der Waals surface area (Å²) in [6.45, 7) is 12.4. The van der Waals surface area contributed by atoms with Crippen molar-refractivity contribution in [3.05, 3.63) is 12.3 Å². The molecule has 0 aliphatic carbocycles. The summed E-state index contributed by atoms with van der Waals surface area (Å²) in [4.78, 5) is 4.55. The van der Waals surface area contributed by atoms with E-state index >= 15 is 0 Å². The molecule has 0 spiro atoms. The first-order valence-electron chi connectivity index (χ1n) is 6.80. The molecule has 0 aromatic carbocycles. The Hall–Kier alpha value is -0.316. The first kappa shape index (κ1) is 16.7. The van der Waals surface area contributed by atoms with Crippen molar-refractivity contribution in [2.24, 2.45) is 4.99 Å². The van der Waals surface area contributed by atoms with Crippen molar-refractivity contribution >= 4 is 5.90 Å². The van der Waals surface area contributed by atoms with Crippen molar-refractivity contribution < 1.29 is 29.9 Å². The average molecular weight is 301 g/mol. The van der Waals surface area contributed by atoms with Gasteiger partial charge in [0.2, 0.25) is 0 Å². The maximum absolute atomic E-state index is 6.06. The van der Waals surface area contributed by atoms with Gasteiger partial charge in [-0.2, -0.15) is 0 Å². The van der Waals surface area contributed by atoms with Gasteiger partial charge >= 0.3 is 128 Å². The monoisotopic (exact) mass is 301 g/mol. The van der Waals surface area contributed by atoms with Crippen LogP contribution in [0, 0.1) is 0 Å². The summed E-state index contributed by atoms with van der Waals surface area (Å²) in [7, 11) is 0. The molecule has 1 rings (SSSR count). The van der Waals surface area contributed by atoms with Crippen molar-refractivity contribution in [3.8, 4) is 0 Å². The Morgan fingerprint density at radius 3 is 2.32 bits per heavy atom. The van der Waals surface area contributed by atoms with Gasteiger partial charge in [0.05, 0.1) is 0 Å². The Kier molecular flexibility index (Phi) is 5.27. The fourth-order valence-electron chi connectivity index (χ4n) is 1.39. The second-order valence-corrected chi connectivity index (χ2v) is 7.06. The molecule has 19 heavy (non-hydrogen) atoms. The summed E-state index contributed by atoms with van der Waals surface area (Å²) < 4.78 is 11.2. The zero-order valence-electron chi connectivity index (χ0n) is 12.8. The zero-order valence-corrected chi connectivity index (χ0v) is 14.4. The third-order valence-electron chi connectivity index (χ3n) is 3.28. The summed E-state index contributed by atoms with van der Waals surface area (Å²) in [5, 5.41) is 3.15. The number of aliphatic imine (C=N–C) groups is 1. The standard InChI is InChI=1S/C14H25N2O2.Ti/c1-7-13(3,4)17-11-9-10-15-12(16-11)18-14(5,6)8-2;/h9-10,15H,7-8H2,1-6H3;. The fourth-order valence-corrected chi connectivity index (χ4v) is 2.12. The van der Waals surface area contributed by atoms with Crippen LogP contribution in [0.5, 0.6) is 0 Å². The van der Waals surface area contributed by atoms with Gasteiger partial charge in [-0.3, -0.25) is 0 Å². The van der Waals surface area contributed by atoms with Gasteiger partial charge in [0, 0.05) is 0 Å². The summed E-state index contributed by atoms with van der Waals surface area (Å²) in [6.07, 6.45) is 5.51. The maximum atomic E-state index is 6.06. The summed E-state index contributed by atoms with van der Waals surface area (Å²) >= 11 is 1.91. The molecule has 0 bridgehead atoms. The molecule has 1 aliphatic heterocycles. The van der Waals surface area contributed by atoms with Gasteiger partial charge in [-0.05, 0) is 0 Å². The Morgan fingerprint density at radius 2 is 1.79 bits per heavy atom. The SMILES string of the molecule is CCC(C)(C)OC1=N[C]([Ti])(OC(C)(C)CC)NC=C1. The first-order chi connectivity index (χ1) is 8.61. The first-order valence-corrected chi connectivity index (χ1v) is 7.58. The molecule has 1 unspecified atom stereocenters. The minimum atomic E-state index is -0.770. The molecular formula is C14H25N2O2Ti. The Morgan fingerprint density at radius 1 is 1.21 bits per heavy atom. The van der Waals surface area contributed by atoms with Crippen molar-refractivity contribution in [1.29, 1.82) is 0 Å². The third kappa shape index (κ3) is 5.29. The van der Waals surface area contributed by atoms with Crippen LogP contribution in [0.15, 0.2) is 17.3 Å². The molecule has 0 amide bonds. The average Bonchev–Trinajstić information content (AvgIpc) is 2.27. The molecule has 107 valence electrons. The van der Waals surface area contributed by atoms with Crippen LogP contribution >= 0.6 is 0 Å². The zero-order chi connectivity index (χ0) is 14.7. The van der Waals surface area contributed by atoms with Crippen LogP contribution in [0.4, 0.5) is 0 Å². The van der Waals surface area contributed by atoms with Crippen LogP contribution in [0.25, 0.3) is 0 Å². The van der Waals surface area contributed by atoms with E-state index in [9.17, 15) is 0 Å². The molecule has 4 nitrogen and oxygen atoms in total. The second-order valence-electron chi connectivity index (χ2n) is 6.00. The molecule has 0 radical (unpaired) electrons. The second kappa shape index (κ2) is 5.98. The van der Waals surface area contributed by atoms with Gasteiger partial charge in [-0.25, -0.2) is 0 Å². The van der Waals surface area contributed by atoms with E-state index in [4.69, 9.17) is 9.47 Å². The molecule has 0 aromatic rings. The number of nitrogens with zero attached hydrogens (tertiary/aromatic N) is 1. The molecule has 0 saturated carbocycles. The molecule has 0 fully saturated rings. The van der Waals surface area contributed by atoms with Gasteiger partial charge in [0.1, 0.15) is 0 Å². The van der Waals surface area contributed by atoms with Gasteiger partial charge in [0.25, 0.3) is 0 Å². The van der Waals surface area contributed by atoms with E-state index in [0.29, 0.717) is 5.90 Å². The van der Waals surface area contributed by atoms with E-state index in [1.807, 2.05) is 32.7 Å². The number of ether oxygens (including phenoxy) is 2. The topological polar surface area (TPSA) is 42.9 Å². The summed E-state index contributed by atoms with van der Waals surface area (Å²) in [5.74, 6) is 0.611. The molecule has 1 heterocycles. The van der Waals surface area contributed by atoms with Crippen LogP contribution in [-0.4, -0.2) is 21.3 Å². The van der Waals surface area contributed by atoms with Crippen LogP contribution in [0.3, 0.4) is 0 Å². The number of rotatable bonds is 5. The van der Waals surface area contributed by atoms with Gasteiger partial charge < -0.3 is 0 Å². The van der Waals surface area contributed by atoms with E-state index in [1.165, 1.54) is 0 Å². The van der Waals surface area contributed by atoms with E-state index in [-0.39, 0.29) is 11.2 Å². The molecule has 0 saturated heterocycles. The third-order valence-corrected chi connectivity index (χ3v) is 3.84. The van der Waals surface area contributed by atoms with E-state index < -0.39 is 4.15 Å². The van der Waals surface area contributed by atoms with Crippen molar-refractivity contribution in [3.63, 3.8) is 0 Å². The van der Waals surface area contributed by atoms with Crippen LogP contribution in [0.2, 0.25) is 0 Å². The normalized spacial score (nSPS) is 23.7. The van der Waals surface area contributed by atoms with Crippen LogP contribution < -0.4 is 5.32 Å². The Labute approximate surface area is 128 Å². The number of hydrogen-bond donors (Lipinski definition) is 1. The Bertz CT molecular complexity index is 378. The van der Waals surface area contributed by atoms with E-state index in [1.54, 1.807) is 0 Å². The summed E-state index contributed by atoms with van der Waals surface area (Å²) in [6, 6.07) is 0. The predicted molar refractivity (Wildman–Crippen MR) is 73.4 cm³/mol. The van der Waals surface area contributed by atoms with Gasteiger partial charge in [-0.15, -0.1) is 0 Å². The molecule has 1 N–H and O–H groups in total. The number of hydrogen-bond acceptors (Lipinski definition) is 4. The molecule has 1 aliphatic rings. The van der Waals surface area contributed by atoms with Crippen LogP contribution in [-0.2, 0) is 29.9 Å². The minimum absolute atomic E-state index is 0.221. The van der Waals surface area contributed by atoms with Crippen molar-refractivity contribution in [2.45, 2.75) is 69.7 Å². The number of nitrogens with one attached hydrogen (secondary N) is 1. The van der Waals surface area contributed by atoms with Gasteiger partial charge in [-0.1, -0.05) is 0 Å². The summed E-state index contributed by atoms with van der Waals surface area (Å²) in [5.41, 5.74) is -0.455. The molecule has 1 atom stereocenters. The van der Waals surface area contributed by atoms with E-state index in [0.717, 1.165) is 12.8 Å². The van der Waals surface area contributed by atoms with Crippen molar-refractivity contribution in [1.82, 2.24) is 5.32 Å². The fraction of sp³-hybridized carbons (Fsp3) is 0.786. The molecular weight excluding hydrogens is 276 g/mol.